The van der Waals surface area contributed by atoms with E-state index >= 15 is 0 Å². The molecule has 21 heavy (non-hydrogen) atoms. The maximum absolute atomic E-state index is 11.6. The predicted molar refractivity (Wildman–Crippen MR) is 88.5 cm³/mol. The van der Waals surface area contributed by atoms with E-state index in [2.05, 4.69) is 27.9 Å². The molecule has 0 fully saturated rings. The molecule has 0 aliphatic rings. The number of guanidine groups is 1. The molecule has 0 atom stereocenters. The Morgan fingerprint density at radius 3 is 2.67 bits per heavy atom. The molecule has 3 N–H and O–H groups in total. The van der Waals surface area contributed by atoms with E-state index in [-0.39, 0.29) is 5.91 Å². The zero-order chi connectivity index (χ0) is 15.5. The molecule has 5 nitrogen and oxygen atoms in total. The molecule has 0 heterocycles. The SMILES string of the molecule is CCCNC(=NC)NCc1cccc(NC(=O)CCC)c1. The summed E-state index contributed by atoms with van der Waals surface area (Å²) in [5.41, 5.74) is 1.94. The number of benzene rings is 1. The summed E-state index contributed by atoms with van der Waals surface area (Å²) in [4.78, 5) is 15.8. The summed E-state index contributed by atoms with van der Waals surface area (Å²) in [7, 11) is 1.76. The number of nitrogens with one attached hydrogen (secondary N) is 3. The summed E-state index contributed by atoms with van der Waals surface area (Å²) >= 11 is 0. The first kappa shape index (κ1) is 17.0. The van der Waals surface area contributed by atoms with Crippen LogP contribution in [0.3, 0.4) is 0 Å². The van der Waals surface area contributed by atoms with Crippen molar-refractivity contribution in [3.63, 3.8) is 0 Å². The Kier molecular flexibility index (Phi) is 7.94. The van der Waals surface area contributed by atoms with Crippen molar-refractivity contribution in [3.8, 4) is 0 Å². The third-order valence-electron chi connectivity index (χ3n) is 2.91. The molecular formula is C16H26N4O. The summed E-state index contributed by atoms with van der Waals surface area (Å²) < 4.78 is 0. The summed E-state index contributed by atoms with van der Waals surface area (Å²) in [6.45, 7) is 5.67. The monoisotopic (exact) mass is 290 g/mol. The molecule has 1 aromatic rings. The van der Waals surface area contributed by atoms with Gasteiger partial charge in [-0.1, -0.05) is 26.0 Å². The van der Waals surface area contributed by atoms with Crippen LogP contribution in [0, 0.1) is 0 Å². The zero-order valence-electron chi connectivity index (χ0n) is 13.2. The van der Waals surface area contributed by atoms with E-state index < -0.39 is 0 Å². The highest BCUT2D eigenvalue weighted by atomic mass is 16.1. The van der Waals surface area contributed by atoms with E-state index in [1.54, 1.807) is 7.05 Å². The maximum atomic E-state index is 11.6. The third-order valence-corrected chi connectivity index (χ3v) is 2.91. The first-order valence-electron chi connectivity index (χ1n) is 7.52. The van der Waals surface area contributed by atoms with Crippen LogP contribution in [0.4, 0.5) is 5.69 Å². The average Bonchev–Trinajstić information content (AvgIpc) is 2.48. The molecule has 0 saturated carbocycles. The van der Waals surface area contributed by atoms with Gasteiger partial charge in [0.1, 0.15) is 0 Å². The second-order valence-electron chi connectivity index (χ2n) is 4.85. The van der Waals surface area contributed by atoms with Crippen LogP contribution in [0.5, 0.6) is 0 Å². The van der Waals surface area contributed by atoms with Gasteiger partial charge in [0.05, 0.1) is 0 Å². The smallest absolute Gasteiger partial charge is 0.224 e. The lowest BCUT2D eigenvalue weighted by molar-refractivity contribution is -0.116. The lowest BCUT2D eigenvalue weighted by Gasteiger charge is -2.12. The van der Waals surface area contributed by atoms with Crippen LogP contribution in [-0.4, -0.2) is 25.5 Å². The zero-order valence-corrected chi connectivity index (χ0v) is 13.2. The number of nitrogens with zero attached hydrogens (tertiary/aromatic N) is 1. The van der Waals surface area contributed by atoms with Crippen LogP contribution in [0.25, 0.3) is 0 Å². The van der Waals surface area contributed by atoms with Crippen molar-refractivity contribution in [2.24, 2.45) is 4.99 Å². The molecule has 0 bridgehead atoms. The number of hydrogen-bond donors (Lipinski definition) is 3. The molecule has 0 aliphatic carbocycles. The highest BCUT2D eigenvalue weighted by Crippen LogP contribution is 2.11. The first-order chi connectivity index (χ1) is 10.2. The van der Waals surface area contributed by atoms with Gasteiger partial charge < -0.3 is 16.0 Å². The van der Waals surface area contributed by atoms with E-state index in [0.717, 1.165) is 36.6 Å². The van der Waals surface area contributed by atoms with Gasteiger partial charge in [0, 0.05) is 32.2 Å². The Hall–Kier alpha value is -2.04. The summed E-state index contributed by atoms with van der Waals surface area (Å²) in [5.74, 6) is 0.848. The van der Waals surface area contributed by atoms with E-state index in [0.29, 0.717) is 13.0 Å². The normalized spacial score (nSPS) is 11.1. The minimum atomic E-state index is 0.0584. The first-order valence-corrected chi connectivity index (χ1v) is 7.52. The third kappa shape index (κ3) is 6.79. The molecule has 1 amide bonds. The number of carbonyl (C=O) groups excluding carboxylic acids is 1. The molecule has 0 aromatic heterocycles. The molecule has 1 rings (SSSR count). The van der Waals surface area contributed by atoms with E-state index in [1.807, 2.05) is 31.2 Å². The number of carbonyl (C=O) groups is 1. The van der Waals surface area contributed by atoms with Gasteiger partial charge >= 0.3 is 0 Å². The number of aliphatic imine (C=N–C) groups is 1. The van der Waals surface area contributed by atoms with Crippen molar-refractivity contribution in [2.45, 2.75) is 39.7 Å². The van der Waals surface area contributed by atoms with Crippen molar-refractivity contribution in [3.05, 3.63) is 29.8 Å². The van der Waals surface area contributed by atoms with E-state index in [9.17, 15) is 4.79 Å². The quantitative estimate of drug-likeness (QED) is 0.534. The van der Waals surface area contributed by atoms with Crippen molar-refractivity contribution < 1.29 is 4.79 Å². The molecule has 0 radical (unpaired) electrons. The Bertz CT molecular complexity index is 471. The van der Waals surface area contributed by atoms with Crippen LogP contribution in [0.2, 0.25) is 0 Å². The molecule has 5 heteroatoms. The van der Waals surface area contributed by atoms with Crippen LogP contribution < -0.4 is 16.0 Å². The van der Waals surface area contributed by atoms with Crippen molar-refractivity contribution in [2.75, 3.05) is 18.9 Å². The minimum absolute atomic E-state index is 0.0584. The van der Waals surface area contributed by atoms with Gasteiger partial charge in [0.15, 0.2) is 5.96 Å². The lowest BCUT2D eigenvalue weighted by atomic mass is 10.2. The summed E-state index contributed by atoms with van der Waals surface area (Å²) in [5, 5.41) is 9.38. The largest absolute Gasteiger partial charge is 0.356 e. The van der Waals surface area contributed by atoms with Gasteiger partial charge in [0.2, 0.25) is 5.91 Å². The van der Waals surface area contributed by atoms with Gasteiger partial charge in [-0.15, -0.1) is 0 Å². The number of amides is 1. The maximum Gasteiger partial charge on any atom is 0.224 e. The number of anilines is 1. The summed E-state index contributed by atoms with van der Waals surface area (Å²) in [6.07, 6.45) is 2.46. The Morgan fingerprint density at radius 1 is 1.19 bits per heavy atom. The van der Waals surface area contributed by atoms with Crippen LogP contribution in [-0.2, 0) is 11.3 Å². The Morgan fingerprint density at radius 2 is 2.00 bits per heavy atom. The summed E-state index contributed by atoms with van der Waals surface area (Å²) in [6, 6.07) is 7.85. The lowest BCUT2D eigenvalue weighted by Crippen LogP contribution is -2.37. The molecule has 1 aromatic carbocycles. The van der Waals surface area contributed by atoms with Gasteiger partial charge in [-0.2, -0.15) is 0 Å². The molecule has 0 spiro atoms. The van der Waals surface area contributed by atoms with E-state index in [1.165, 1.54) is 0 Å². The fraction of sp³-hybridized carbons (Fsp3) is 0.500. The second kappa shape index (κ2) is 9.80. The topological polar surface area (TPSA) is 65.5 Å². The fourth-order valence-electron chi connectivity index (χ4n) is 1.86. The Labute approximate surface area is 127 Å². The molecular weight excluding hydrogens is 264 g/mol. The fourth-order valence-corrected chi connectivity index (χ4v) is 1.86. The van der Waals surface area contributed by atoms with Gasteiger partial charge in [0.25, 0.3) is 0 Å². The number of rotatable bonds is 7. The molecule has 0 unspecified atom stereocenters. The average molecular weight is 290 g/mol. The molecule has 116 valence electrons. The van der Waals surface area contributed by atoms with Crippen molar-refractivity contribution >= 4 is 17.6 Å². The van der Waals surface area contributed by atoms with Gasteiger partial charge in [-0.05, 0) is 30.5 Å². The number of hydrogen-bond acceptors (Lipinski definition) is 2. The van der Waals surface area contributed by atoms with Crippen LogP contribution in [0.1, 0.15) is 38.7 Å². The van der Waals surface area contributed by atoms with E-state index in [4.69, 9.17) is 0 Å². The highest BCUT2D eigenvalue weighted by molar-refractivity contribution is 5.90. The van der Waals surface area contributed by atoms with Gasteiger partial charge in [-0.3, -0.25) is 9.79 Å². The predicted octanol–water partition coefficient (Wildman–Crippen LogP) is 2.50. The van der Waals surface area contributed by atoms with Crippen molar-refractivity contribution in [1.82, 2.24) is 10.6 Å². The van der Waals surface area contributed by atoms with Gasteiger partial charge in [-0.25, -0.2) is 0 Å². The molecule has 0 saturated heterocycles. The highest BCUT2D eigenvalue weighted by Gasteiger charge is 2.02. The second-order valence-corrected chi connectivity index (χ2v) is 4.85. The van der Waals surface area contributed by atoms with Crippen molar-refractivity contribution in [1.29, 1.82) is 0 Å². The Balaban J connectivity index is 2.54. The minimum Gasteiger partial charge on any atom is -0.356 e. The van der Waals surface area contributed by atoms with Crippen LogP contribution >= 0.6 is 0 Å². The standard InChI is InChI=1S/C16H26N4O/c1-4-7-15(21)20-14-9-6-8-13(11-14)12-19-16(17-3)18-10-5-2/h6,8-9,11H,4-5,7,10,12H2,1-3H3,(H,20,21)(H2,17,18,19). The van der Waals surface area contributed by atoms with Crippen LogP contribution in [0.15, 0.2) is 29.3 Å². The molecule has 0 aliphatic heterocycles.